The van der Waals surface area contributed by atoms with Crippen LogP contribution in [0, 0.1) is 0 Å². The Labute approximate surface area is 397 Å². The van der Waals surface area contributed by atoms with Gasteiger partial charge in [0.1, 0.15) is 5.52 Å². The molecule has 0 atom stereocenters. The second-order valence-corrected chi connectivity index (χ2v) is 25.6. The zero-order valence-electron chi connectivity index (χ0n) is 43.2. The first kappa shape index (κ1) is 45.6. The van der Waals surface area contributed by atoms with Gasteiger partial charge in [-0.3, -0.25) is 0 Å². The maximum atomic E-state index is 6.85. The van der Waals surface area contributed by atoms with Crippen molar-refractivity contribution >= 4 is 68.3 Å². The molecule has 0 amide bonds. The number of oxazole rings is 1. The van der Waals surface area contributed by atoms with Gasteiger partial charge in [0.25, 0.3) is 6.71 Å². The zero-order valence-corrected chi connectivity index (χ0v) is 43.2. The van der Waals surface area contributed by atoms with Crippen LogP contribution in [0.1, 0.15) is 158 Å². The van der Waals surface area contributed by atoms with Gasteiger partial charge in [-0.25, -0.2) is 4.98 Å². The molecule has 9 rings (SSSR count). The van der Waals surface area contributed by atoms with Crippen molar-refractivity contribution < 1.29 is 4.42 Å². The Bertz CT molecular complexity index is 2990. The third-order valence-corrected chi connectivity index (χ3v) is 14.2. The molecular formula is C61H72BN3O. The van der Waals surface area contributed by atoms with Crippen LogP contribution in [0.2, 0.25) is 0 Å². The molecule has 0 saturated carbocycles. The molecule has 2 aliphatic rings. The van der Waals surface area contributed by atoms with E-state index in [0.717, 1.165) is 33.7 Å². The number of fused-ring (bicyclic) bond motifs is 5. The fourth-order valence-electron chi connectivity index (χ4n) is 9.83. The molecule has 2 aliphatic heterocycles. The number of benzene rings is 6. The van der Waals surface area contributed by atoms with E-state index in [9.17, 15) is 0 Å². The van der Waals surface area contributed by atoms with Gasteiger partial charge in [0.15, 0.2) is 5.58 Å². The summed E-state index contributed by atoms with van der Waals surface area (Å²) in [6, 6.07) is 42.3. The number of nitrogens with zero attached hydrogens (tertiary/aromatic N) is 3. The maximum absolute atomic E-state index is 6.85. The van der Waals surface area contributed by atoms with E-state index < -0.39 is 0 Å². The maximum Gasteiger partial charge on any atom is 0.252 e. The highest BCUT2D eigenvalue weighted by Gasteiger charge is 2.45. The van der Waals surface area contributed by atoms with Gasteiger partial charge >= 0.3 is 0 Å². The highest BCUT2D eigenvalue weighted by atomic mass is 16.3. The van der Waals surface area contributed by atoms with Gasteiger partial charge in [-0.15, -0.1) is 0 Å². The monoisotopic (exact) mass is 874 g/mol. The van der Waals surface area contributed by atoms with Crippen LogP contribution in [-0.2, 0) is 32.5 Å². The Morgan fingerprint density at radius 1 is 0.379 bits per heavy atom. The smallest absolute Gasteiger partial charge is 0.252 e. The molecule has 0 radical (unpaired) electrons. The highest BCUT2D eigenvalue weighted by Crippen LogP contribution is 2.48. The lowest BCUT2D eigenvalue weighted by Crippen LogP contribution is -2.61. The van der Waals surface area contributed by atoms with E-state index in [2.05, 4.69) is 244 Å². The summed E-state index contributed by atoms with van der Waals surface area (Å²) in [5.74, 6) is 0.640. The molecule has 66 heavy (non-hydrogen) atoms. The van der Waals surface area contributed by atoms with Gasteiger partial charge in [-0.1, -0.05) is 167 Å². The number of hydrogen-bond donors (Lipinski definition) is 0. The summed E-state index contributed by atoms with van der Waals surface area (Å²) in [5.41, 5.74) is 21.2. The summed E-state index contributed by atoms with van der Waals surface area (Å²) in [6.07, 6.45) is 0. The molecule has 1 aromatic heterocycles. The molecule has 0 spiro atoms. The normalized spacial score (nSPS) is 14.4. The summed E-state index contributed by atoms with van der Waals surface area (Å²) >= 11 is 0. The summed E-state index contributed by atoms with van der Waals surface area (Å²) < 4.78 is 6.85. The summed E-state index contributed by atoms with van der Waals surface area (Å²) in [5, 5.41) is 0. The summed E-state index contributed by atoms with van der Waals surface area (Å²) in [4.78, 5) is 10.4. The number of aromatic nitrogens is 1. The minimum atomic E-state index is -0.138. The molecule has 340 valence electrons. The summed E-state index contributed by atoms with van der Waals surface area (Å²) in [6.45, 7) is 41.6. The van der Waals surface area contributed by atoms with Crippen molar-refractivity contribution in [2.75, 3.05) is 9.80 Å². The van der Waals surface area contributed by atoms with Gasteiger partial charge in [0.2, 0.25) is 5.89 Å². The van der Waals surface area contributed by atoms with E-state index in [1.54, 1.807) is 0 Å². The van der Waals surface area contributed by atoms with Gasteiger partial charge < -0.3 is 14.2 Å². The summed E-state index contributed by atoms with van der Waals surface area (Å²) in [7, 11) is 0. The minimum absolute atomic E-state index is 0.0380. The topological polar surface area (TPSA) is 32.5 Å². The Kier molecular flexibility index (Phi) is 10.4. The van der Waals surface area contributed by atoms with Crippen molar-refractivity contribution in [3.63, 3.8) is 0 Å². The van der Waals surface area contributed by atoms with Crippen molar-refractivity contribution in [2.24, 2.45) is 0 Å². The van der Waals surface area contributed by atoms with Crippen LogP contribution < -0.4 is 26.2 Å². The predicted molar refractivity (Wildman–Crippen MR) is 286 cm³/mol. The Balaban J connectivity index is 1.41. The number of hydrogen-bond acceptors (Lipinski definition) is 4. The van der Waals surface area contributed by atoms with E-state index >= 15 is 0 Å². The number of rotatable bonds is 3. The predicted octanol–water partition coefficient (Wildman–Crippen LogP) is 15.4. The van der Waals surface area contributed by atoms with E-state index in [1.165, 1.54) is 66.8 Å². The van der Waals surface area contributed by atoms with Crippen LogP contribution in [0.4, 0.5) is 34.1 Å². The van der Waals surface area contributed by atoms with Gasteiger partial charge in [0, 0.05) is 45.8 Å². The second kappa shape index (κ2) is 15.0. The van der Waals surface area contributed by atoms with Crippen LogP contribution in [-0.4, -0.2) is 11.7 Å². The van der Waals surface area contributed by atoms with Crippen molar-refractivity contribution in [3.8, 4) is 11.5 Å². The van der Waals surface area contributed by atoms with Crippen molar-refractivity contribution in [1.29, 1.82) is 0 Å². The minimum Gasteiger partial charge on any atom is -0.436 e. The molecule has 0 bridgehead atoms. The second-order valence-electron chi connectivity index (χ2n) is 25.6. The number of anilines is 6. The Hall–Kier alpha value is -5.55. The molecule has 6 aromatic carbocycles. The Morgan fingerprint density at radius 2 is 0.818 bits per heavy atom. The van der Waals surface area contributed by atoms with Crippen LogP contribution in [0.3, 0.4) is 0 Å². The third-order valence-electron chi connectivity index (χ3n) is 14.2. The van der Waals surface area contributed by atoms with Gasteiger partial charge in [-0.2, -0.15) is 0 Å². The first-order valence-corrected chi connectivity index (χ1v) is 24.2. The van der Waals surface area contributed by atoms with Gasteiger partial charge in [-0.05, 0) is 143 Å². The molecular weight excluding hydrogens is 802 g/mol. The quantitative estimate of drug-likeness (QED) is 0.166. The van der Waals surface area contributed by atoms with Crippen molar-refractivity contribution in [1.82, 2.24) is 4.98 Å². The molecule has 0 saturated heterocycles. The first-order chi connectivity index (χ1) is 30.5. The standard InChI is InChI=1S/C61H72BN3O/c1-56(2,3)38-21-19-37(20-22-38)55-63-48-35-47-50(36-53(48)66-55)65(45-30-41(59(10,11)12)29-42(31-45)60(13,14)15)52-34-43(61(16,17)18)33-51-54(52)62(47)46-32-40(58(7,8)9)25-28-49(46)64(51)44-26-23-39(24-27-44)57(4,5)6/h19-36H,1-18H3. The van der Waals surface area contributed by atoms with Crippen LogP contribution in [0.5, 0.6) is 0 Å². The average molecular weight is 874 g/mol. The lowest BCUT2D eigenvalue weighted by Gasteiger charge is -2.45. The molecule has 0 N–H and O–H groups in total. The van der Waals surface area contributed by atoms with E-state index in [4.69, 9.17) is 9.40 Å². The molecule has 3 heterocycles. The van der Waals surface area contributed by atoms with Crippen LogP contribution in [0.15, 0.2) is 114 Å². The van der Waals surface area contributed by atoms with Crippen molar-refractivity contribution in [2.45, 2.75) is 157 Å². The van der Waals surface area contributed by atoms with Crippen LogP contribution >= 0.6 is 0 Å². The molecule has 7 aromatic rings. The highest BCUT2D eigenvalue weighted by molar-refractivity contribution is 7.00. The third kappa shape index (κ3) is 7.98. The zero-order chi connectivity index (χ0) is 47.8. The molecule has 0 unspecified atom stereocenters. The first-order valence-electron chi connectivity index (χ1n) is 24.2. The largest absolute Gasteiger partial charge is 0.436 e. The lowest BCUT2D eigenvalue weighted by atomic mass is 9.33. The van der Waals surface area contributed by atoms with Crippen LogP contribution in [0.25, 0.3) is 22.6 Å². The van der Waals surface area contributed by atoms with Gasteiger partial charge in [0.05, 0.1) is 0 Å². The van der Waals surface area contributed by atoms with E-state index in [1.807, 2.05) is 0 Å². The molecule has 5 heteroatoms. The lowest BCUT2D eigenvalue weighted by molar-refractivity contribution is 0.568. The van der Waals surface area contributed by atoms with E-state index in [-0.39, 0.29) is 39.2 Å². The van der Waals surface area contributed by atoms with E-state index in [0.29, 0.717) is 5.89 Å². The fraction of sp³-hybridized carbons (Fsp3) is 0.393. The Morgan fingerprint density at radius 3 is 1.32 bits per heavy atom. The van der Waals surface area contributed by atoms with Crippen molar-refractivity contribution in [3.05, 3.63) is 143 Å². The molecule has 0 aliphatic carbocycles. The average Bonchev–Trinajstić information content (AvgIpc) is 3.63. The SMILES string of the molecule is CC(C)(C)c1ccc(-c2nc3cc4c(cc3o2)N(c2cc(C(C)(C)C)cc(C(C)(C)C)c2)c2cc(C(C)(C)C)cc3c2B4c2cc(C(C)(C)C)ccc2N3c2ccc(C(C)(C)C)cc2)cc1. The molecule has 4 nitrogen and oxygen atoms in total. The molecule has 0 fully saturated rings. The fourth-order valence-corrected chi connectivity index (χ4v) is 9.83.